The number of para-hydroxylation sites is 1. The summed E-state index contributed by atoms with van der Waals surface area (Å²) in [6, 6.07) is 18.7. The van der Waals surface area contributed by atoms with E-state index in [2.05, 4.69) is 15.4 Å². The molecular formula is C20H18FN3O3S. The first-order valence-corrected chi connectivity index (χ1v) is 9.84. The molecule has 0 aliphatic carbocycles. The van der Waals surface area contributed by atoms with Crippen molar-refractivity contribution >= 4 is 27.4 Å². The molecule has 0 aromatic heterocycles. The second kappa shape index (κ2) is 8.20. The van der Waals surface area contributed by atoms with E-state index in [0.29, 0.717) is 5.56 Å². The minimum Gasteiger partial charge on any atom is -0.307 e. The summed E-state index contributed by atoms with van der Waals surface area (Å²) in [4.78, 5) is 12.4. The molecule has 6 nitrogen and oxygen atoms in total. The van der Waals surface area contributed by atoms with E-state index in [0.717, 1.165) is 5.56 Å². The summed E-state index contributed by atoms with van der Waals surface area (Å²) in [6.07, 6.45) is 0. The highest BCUT2D eigenvalue weighted by atomic mass is 32.2. The molecular weight excluding hydrogens is 381 g/mol. The Morgan fingerprint density at radius 3 is 2.18 bits per heavy atom. The van der Waals surface area contributed by atoms with Crippen molar-refractivity contribution < 1.29 is 17.6 Å². The zero-order valence-electron chi connectivity index (χ0n) is 14.9. The number of nitrogens with one attached hydrogen (secondary N) is 3. The van der Waals surface area contributed by atoms with Gasteiger partial charge in [0.25, 0.3) is 0 Å². The van der Waals surface area contributed by atoms with Crippen LogP contribution in [0.5, 0.6) is 0 Å². The van der Waals surface area contributed by atoms with Gasteiger partial charge in [0.1, 0.15) is 5.82 Å². The second-order valence-electron chi connectivity index (χ2n) is 5.84. The number of sulfonamides is 1. The molecule has 0 aliphatic heterocycles. The van der Waals surface area contributed by atoms with Gasteiger partial charge < -0.3 is 10.6 Å². The molecule has 3 aromatic rings. The number of carbonyl (C=O) groups is 1. The van der Waals surface area contributed by atoms with E-state index in [9.17, 15) is 17.6 Å². The summed E-state index contributed by atoms with van der Waals surface area (Å²) in [5.74, 6) is -0.576. The number of rotatable bonds is 5. The van der Waals surface area contributed by atoms with Gasteiger partial charge in [-0.3, -0.25) is 0 Å². The molecule has 0 saturated heterocycles. The fourth-order valence-electron chi connectivity index (χ4n) is 2.62. The van der Waals surface area contributed by atoms with E-state index < -0.39 is 21.9 Å². The number of urea groups is 1. The van der Waals surface area contributed by atoms with E-state index in [1.54, 1.807) is 12.1 Å². The minimum absolute atomic E-state index is 0.00382. The number of anilines is 2. The van der Waals surface area contributed by atoms with Gasteiger partial charge in [0, 0.05) is 5.56 Å². The maximum absolute atomic E-state index is 13.8. The molecule has 0 unspecified atom stereocenters. The van der Waals surface area contributed by atoms with Crippen molar-refractivity contribution in [1.82, 2.24) is 4.72 Å². The van der Waals surface area contributed by atoms with E-state index in [1.807, 2.05) is 30.3 Å². The first kappa shape index (κ1) is 19.5. The highest BCUT2D eigenvalue weighted by Gasteiger charge is 2.16. The highest BCUT2D eigenvalue weighted by molar-refractivity contribution is 7.89. The SMILES string of the molecule is CNS(=O)(=O)c1ccc(-c2ccccc2)c(NC(=O)Nc2ccccc2F)c1. The van der Waals surface area contributed by atoms with E-state index in [-0.39, 0.29) is 16.3 Å². The standard InChI is InChI=1S/C20H18FN3O3S/c1-22-28(26,27)15-11-12-16(14-7-3-2-4-8-14)19(13-15)24-20(25)23-18-10-6-5-9-17(18)21/h2-13,22H,1H3,(H2,23,24,25). The second-order valence-corrected chi connectivity index (χ2v) is 7.73. The first-order valence-electron chi connectivity index (χ1n) is 8.36. The highest BCUT2D eigenvalue weighted by Crippen LogP contribution is 2.30. The van der Waals surface area contributed by atoms with Crippen LogP contribution in [-0.4, -0.2) is 21.5 Å². The fourth-order valence-corrected chi connectivity index (χ4v) is 3.38. The van der Waals surface area contributed by atoms with Crippen LogP contribution in [0.3, 0.4) is 0 Å². The Labute approximate surface area is 162 Å². The molecule has 0 atom stereocenters. The summed E-state index contributed by atoms with van der Waals surface area (Å²) < 4.78 is 40.3. The summed E-state index contributed by atoms with van der Waals surface area (Å²) in [6.45, 7) is 0. The lowest BCUT2D eigenvalue weighted by Crippen LogP contribution is -2.22. The molecule has 2 amide bonds. The molecule has 0 spiro atoms. The number of amides is 2. The number of hydrogen-bond donors (Lipinski definition) is 3. The third-order valence-corrected chi connectivity index (χ3v) is 5.44. The quantitative estimate of drug-likeness (QED) is 0.605. The molecule has 0 saturated carbocycles. The van der Waals surface area contributed by atoms with Crippen molar-refractivity contribution in [3.63, 3.8) is 0 Å². The van der Waals surface area contributed by atoms with Gasteiger partial charge in [0.15, 0.2) is 0 Å². The van der Waals surface area contributed by atoms with Crippen molar-refractivity contribution in [2.75, 3.05) is 17.7 Å². The lowest BCUT2D eigenvalue weighted by molar-refractivity contribution is 0.262. The molecule has 28 heavy (non-hydrogen) atoms. The number of hydrogen-bond acceptors (Lipinski definition) is 3. The minimum atomic E-state index is -3.70. The lowest BCUT2D eigenvalue weighted by atomic mass is 10.0. The van der Waals surface area contributed by atoms with Crippen molar-refractivity contribution in [3.05, 3.63) is 78.6 Å². The summed E-state index contributed by atoms with van der Waals surface area (Å²) in [5, 5.41) is 5.03. The molecule has 3 rings (SSSR count). The Hall–Kier alpha value is -3.23. The molecule has 3 aromatic carbocycles. The lowest BCUT2D eigenvalue weighted by Gasteiger charge is -2.14. The largest absolute Gasteiger partial charge is 0.323 e. The Morgan fingerprint density at radius 2 is 1.50 bits per heavy atom. The summed E-state index contributed by atoms with van der Waals surface area (Å²) in [7, 11) is -2.40. The zero-order chi connectivity index (χ0) is 20.1. The number of carbonyl (C=O) groups excluding carboxylic acids is 1. The van der Waals surface area contributed by atoms with Crippen molar-refractivity contribution in [2.24, 2.45) is 0 Å². The van der Waals surface area contributed by atoms with Crippen LogP contribution in [0.1, 0.15) is 0 Å². The molecule has 0 fully saturated rings. The predicted octanol–water partition coefficient (Wildman–Crippen LogP) is 4.04. The molecule has 0 heterocycles. The van der Waals surface area contributed by atoms with Crippen molar-refractivity contribution in [3.8, 4) is 11.1 Å². The third-order valence-electron chi connectivity index (χ3n) is 4.03. The molecule has 0 aliphatic rings. The van der Waals surface area contributed by atoms with Crippen LogP contribution in [0.2, 0.25) is 0 Å². The van der Waals surface area contributed by atoms with Crippen LogP contribution in [-0.2, 0) is 10.0 Å². The van der Waals surface area contributed by atoms with Gasteiger partial charge in [-0.2, -0.15) is 0 Å². The van der Waals surface area contributed by atoms with E-state index in [1.165, 1.54) is 37.4 Å². The maximum atomic E-state index is 13.8. The van der Waals surface area contributed by atoms with Crippen LogP contribution in [0.15, 0.2) is 77.7 Å². The van der Waals surface area contributed by atoms with Gasteiger partial charge in [0.05, 0.1) is 16.3 Å². The van der Waals surface area contributed by atoms with E-state index >= 15 is 0 Å². The van der Waals surface area contributed by atoms with Crippen molar-refractivity contribution in [1.29, 1.82) is 0 Å². The van der Waals surface area contributed by atoms with Crippen LogP contribution in [0.25, 0.3) is 11.1 Å². The van der Waals surface area contributed by atoms with Gasteiger partial charge in [-0.1, -0.05) is 48.5 Å². The topological polar surface area (TPSA) is 87.3 Å². The normalized spacial score (nSPS) is 11.1. The van der Waals surface area contributed by atoms with Gasteiger partial charge in [0.2, 0.25) is 10.0 Å². The Kier molecular flexibility index (Phi) is 5.72. The monoisotopic (exact) mass is 399 g/mol. The maximum Gasteiger partial charge on any atom is 0.323 e. The van der Waals surface area contributed by atoms with Gasteiger partial charge >= 0.3 is 6.03 Å². The zero-order valence-corrected chi connectivity index (χ0v) is 15.8. The molecule has 8 heteroatoms. The average Bonchev–Trinajstić information content (AvgIpc) is 2.70. The average molecular weight is 399 g/mol. The molecule has 3 N–H and O–H groups in total. The predicted molar refractivity (Wildman–Crippen MR) is 107 cm³/mol. The van der Waals surface area contributed by atoms with E-state index in [4.69, 9.17) is 0 Å². The molecule has 144 valence electrons. The van der Waals surface area contributed by atoms with Gasteiger partial charge in [-0.25, -0.2) is 22.3 Å². The van der Waals surface area contributed by atoms with Crippen molar-refractivity contribution in [2.45, 2.75) is 4.90 Å². The number of halogens is 1. The van der Waals surface area contributed by atoms with Crippen LogP contribution < -0.4 is 15.4 Å². The summed E-state index contributed by atoms with van der Waals surface area (Å²) >= 11 is 0. The van der Waals surface area contributed by atoms with Gasteiger partial charge in [-0.05, 0) is 36.9 Å². The summed E-state index contributed by atoms with van der Waals surface area (Å²) in [5.41, 5.74) is 1.70. The number of benzene rings is 3. The van der Waals surface area contributed by atoms with Crippen LogP contribution in [0, 0.1) is 5.82 Å². The van der Waals surface area contributed by atoms with Crippen LogP contribution >= 0.6 is 0 Å². The first-order chi connectivity index (χ1) is 13.4. The molecule has 0 radical (unpaired) electrons. The Morgan fingerprint density at radius 1 is 0.857 bits per heavy atom. The Bertz CT molecular complexity index is 1100. The third kappa shape index (κ3) is 4.36. The smallest absolute Gasteiger partial charge is 0.307 e. The van der Waals surface area contributed by atoms with Gasteiger partial charge in [-0.15, -0.1) is 0 Å². The fraction of sp³-hybridized carbons (Fsp3) is 0.0500. The van der Waals surface area contributed by atoms with Crippen LogP contribution in [0.4, 0.5) is 20.6 Å². The molecule has 0 bridgehead atoms. The Balaban J connectivity index is 1.98.